The number of fused-ring (bicyclic) bond motifs is 1. The van der Waals surface area contributed by atoms with Crippen LogP contribution in [0, 0.1) is 5.92 Å². The molecule has 0 N–H and O–H groups in total. The highest BCUT2D eigenvalue weighted by Crippen LogP contribution is 2.30. The number of piperidine rings is 1. The van der Waals surface area contributed by atoms with E-state index in [2.05, 4.69) is 9.50 Å². The van der Waals surface area contributed by atoms with Gasteiger partial charge >= 0.3 is 5.97 Å². The van der Waals surface area contributed by atoms with E-state index in [9.17, 15) is 13.2 Å². The molecule has 5 rings (SSSR count). The smallest absolute Gasteiger partial charge is 0.311 e. The summed E-state index contributed by atoms with van der Waals surface area (Å²) in [4.78, 5) is 14.8. The van der Waals surface area contributed by atoms with Gasteiger partial charge < -0.3 is 9.64 Å². The van der Waals surface area contributed by atoms with Crippen molar-refractivity contribution in [3.8, 4) is 5.69 Å². The van der Waals surface area contributed by atoms with Gasteiger partial charge in [-0.25, -0.2) is 4.68 Å². The number of hydrogen-bond donors (Lipinski definition) is 0. The highest BCUT2D eigenvalue weighted by atomic mass is 32.2. The molecule has 2 aliphatic heterocycles. The highest BCUT2D eigenvalue weighted by molar-refractivity contribution is 7.90. The number of likely N-dealkylation sites (tertiary alicyclic amines) is 1. The van der Waals surface area contributed by atoms with Crippen LogP contribution in [0.2, 0.25) is 0 Å². The molecule has 32 heavy (non-hydrogen) atoms. The van der Waals surface area contributed by atoms with Gasteiger partial charge in [-0.2, -0.15) is 13.5 Å². The number of aromatic nitrogens is 2. The summed E-state index contributed by atoms with van der Waals surface area (Å²) in [5, 5.41) is 4.19. The number of sulfonamides is 1. The van der Waals surface area contributed by atoms with E-state index in [0.717, 1.165) is 17.7 Å². The fourth-order valence-electron chi connectivity index (χ4n) is 4.12. The zero-order chi connectivity index (χ0) is 22.1. The number of ether oxygens (including phenoxy) is 1. The molecule has 1 atom stereocenters. The third-order valence-electron chi connectivity index (χ3n) is 5.75. The molecule has 0 saturated carbocycles. The quantitative estimate of drug-likeness (QED) is 0.568. The molecule has 0 radical (unpaired) electrons. The SMILES string of the molecule is O=C(OCc1ccc(-n2cccn2)cc1)C1CCCN(C2=NS(=O)(=O)c3ccccc32)C1. The average molecular weight is 451 g/mol. The summed E-state index contributed by atoms with van der Waals surface area (Å²) in [5.41, 5.74) is 2.42. The first-order valence-electron chi connectivity index (χ1n) is 10.5. The maximum atomic E-state index is 12.7. The molecule has 1 unspecified atom stereocenters. The van der Waals surface area contributed by atoms with Crippen LogP contribution in [0.25, 0.3) is 5.69 Å². The molecule has 0 bridgehead atoms. The Morgan fingerprint density at radius 2 is 1.91 bits per heavy atom. The van der Waals surface area contributed by atoms with Gasteiger partial charge in [0.05, 0.1) is 11.6 Å². The molecule has 3 heterocycles. The summed E-state index contributed by atoms with van der Waals surface area (Å²) >= 11 is 0. The van der Waals surface area contributed by atoms with Crippen molar-refractivity contribution < 1.29 is 17.9 Å². The van der Waals surface area contributed by atoms with Crippen LogP contribution in [0.5, 0.6) is 0 Å². The van der Waals surface area contributed by atoms with Gasteiger partial charge in [0, 0.05) is 31.0 Å². The minimum atomic E-state index is -3.68. The molecule has 0 amide bonds. The Labute approximate surface area is 186 Å². The number of carbonyl (C=O) groups is 1. The van der Waals surface area contributed by atoms with Crippen molar-refractivity contribution in [2.75, 3.05) is 13.1 Å². The Hall–Kier alpha value is -3.46. The van der Waals surface area contributed by atoms with Gasteiger partial charge in [0.15, 0.2) is 5.84 Å². The number of benzene rings is 2. The highest BCUT2D eigenvalue weighted by Gasteiger charge is 2.35. The summed E-state index contributed by atoms with van der Waals surface area (Å²) in [6.07, 6.45) is 5.05. The molecule has 8 nitrogen and oxygen atoms in total. The summed E-state index contributed by atoms with van der Waals surface area (Å²) in [6.45, 7) is 1.23. The van der Waals surface area contributed by atoms with E-state index < -0.39 is 10.0 Å². The average Bonchev–Trinajstić information content (AvgIpc) is 3.45. The van der Waals surface area contributed by atoms with E-state index in [-0.39, 0.29) is 23.4 Å². The van der Waals surface area contributed by atoms with Crippen LogP contribution in [0.4, 0.5) is 0 Å². The number of rotatable bonds is 4. The fourth-order valence-corrected chi connectivity index (χ4v) is 5.34. The van der Waals surface area contributed by atoms with Crippen LogP contribution in [0.15, 0.2) is 76.3 Å². The van der Waals surface area contributed by atoms with Gasteiger partial charge in [-0.3, -0.25) is 4.79 Å². The predicted molar refractivity (Wildman–Crippen MR) is 118 cm³/mol. The lowest BCUT2D eigenvalue weighted by molar-refractivity contribution is -0.151. The lowest BCUT2D eigenvalue weighted by Gasteiger charge is -2.32. The zero-order valence-electron chi connectivity index (χ0n) is 17.3. The van der Waals surface area contributed by atoms with E-state index in [4.69, 9.17) is 4.74 Å². The molecule has 1 fully saturated rings. The van der Waals surface area contributed by atoms with Crippen molar-refractivity contribution >= 4 is 21.8 Å². The number of hydrogen-bond acceptors (Lipinski definition) is 6. The minimum absolute atomic E-state index is 0.187. The molecule has 2 aliphatic rings. The van der Waals surface area contributed by atoms with Crippen LogP contribution in [0.1, 0.15) is 24.0 Å². The van der Waals surface area contributed by atoms with Crippen LogP contribution >= 0.6 is 0 Å². The number of esters is 1. The summed E-state index contributed by atoms with van der Waals surface area (Å²) in [5.74, 6) is -0.182. The molecular formula is C23H22N4O4S. The van der Waals surface area contributed by atoms with Gasteiger partial charge in [0.2, 0.25) is 0 Å². The number of amidine groups is 1. The third kappa shape index (κ3) is 3.91. The zero-order valence-corrected chi connectivity index (χ0v) is 18.1. The van der Waals surface area contributed by atoms with E-state index in [0.29, 0.717) is 30.9 Å². The number of nitrogens with zero attached hydrogens (tertiary/aromatic N) is 4. The lowest BCUT2D eigenvalue weighted by atomic mass is 9.97. The van der Waals surface area contributed by atoms with Crippen molar-refractivity contribution in [1.29, 1.82) is 0 Å². The summed E-state index contributed by atoms with van der Waals surface area (Å²) < 4.78 is 36.1. The van der Waals surface area contributed by atoms with Crippen molar-refractivity contribution in [1.82, 2.24) is 14.7 Å². The third-order valence-corrected chi connectivity index (χ3v) is 7.08. The first-order valence-corrected chi connectivity index (χ1v) is 11.9. The van der Waals surface area contributed by atoms with Crippen LogP contribution in [-0.2, 0) is 26.2 Å². The second-order valence-corrected chi connectivity index (χ2v) is 9.47. The second kappa shape index (κ2) is 8.23. The van der Waals surface area contributed by atoms with Gasteiger partial charge in [-0.1, -0.05) is 24.3 Å². The monoisotopic (exact) mass is 450 g/mol. The first-order chi connectivity index (χ1) is 15.5. The normalized spacial score (nSPS) is 19.3. The van der Waals surface area contributed by atoms with Crippen LogP contribution < -0.4 is 0 Å². The maximum Gasteiger partial charge on any atom is 0.311 e. The van der Waals surface area contributed by atoms with E-state index >= 15 is 0 Å². The largest absolute Gasteiger partial charge is 0.461 e. The van der Waals surface area contributed by atoms with Gasteiger partial charge in [-0.15, -0.1) is 4.40 Å². The molecule has 0 aliphatic carbocycles. The first kappa shape index (κ1) is 20.4. The summed E-state index contributed by atoms with van der Waals surface area (Å²) in [6, 6.07) is 16.3. The standard InChI is InChI=1S/C23H22N4O4S/c28-23(31-16-17-8-10-19(11-9-17)27-14-4-12-24-27)18-5-3-13-26(15-18)22-20-6-1-2-7-21(20)32(29,30)25-22/h1-2,4,6-12,14,18H,3,5,13,15-16H2. The minimum Gasteiger partial charge on any atom is -0.461 e. The van der Waals surface area contributed by atoms with Crippen LogP contribution in [0.3, 0.4) is 0 Å². The molecule has 1 aromatic heterocycles. The molecule has 3 aromatic rings. The van der Waals surface area contributed by atoms with Crippen molar-refractivity contribution in [3.05, 3.63) is 78.1 Å². The Kier molecular flexibility index (Phi) is 5.26. The topological polar surface area (TPSA) is 93.9 Å². The Balaban J connectivity index is 1.23. The maximum absolute atomic E-state index is 12.7. The van der Waals surface area contributed by atoms with Gasteiger partial charge in [0.1, 0.15) is 11.5 Å². The Morgan fingerprint density at radius 3 is 2.69 bits per heavy atom. The molecule has 1 saturated heterocycles. The Bertz CT molecular complexity index is 1270. The molecular weight excluding hydrogens is 428 g/mol. The van der Waals surface area contributed by atoms with Gasteiger partial charge in [-0.05, 0) is 48.7 Å². The van der Waals surface area contributed by atoms with Crippen molar-refractivity contribution in [3.63, 3.8) is 0 Å². The van der Waals surface area contributed by atoms with E-state index in [1.54, 1.807) is 35.1 Å². The number of carbonyl (C=O) groups excluding carboxylic acids is 1. The summed E-state index contributed by atoms with van der Waals surface area (Å²) in [7, 11) is -3.68. The molecule has 0 spiro atoms. The lowest BCUT2D eigenvalue weighted by Crippen LogP contribution is -2.42. The van der Waals surface area contributed by atoms with E-state index in [1.165, 1.54) is 0 Å². The fraction of sp³-hybridized carbons (Fsp3) is 0.261. The van der Waals surface area contributed by atoms with E-state index in [1.807, 2.05) is 41.4 Å². The van der Waals surface area contributed by atoms with Crippen molar-refractivity contribution in [2.45, 2.75) is 24.3 Å². The predicted octanol–water partition coefficient (Wildman–Crippen LogP) is 2.78. The van der Waals surface area contributed by atoms with Crippen LogP contribution in [-0.4, -0.2) is 48.0 Å². The Morgan fingerprint density at radius 1 is 1.09 bits per heavy atom. The molecule has 164 valence electrons. The second-order valence-electron chi connectivity index (χ2n) is 7.90. The molecule has 2 aromatic carbocycles. The molecule has 9 heteroatoms. The van der Waals surface area contributed by atoms with Gasteiger partial charge in [0.25, 0.3) is 10.0 Å². The van der Waals surface area contributed by atoms with Crippen molar-refractivity contribution in [2.24, 2.45) is 10.3 Å².